The van der Waals surface area contributed by atoms with Crippen molar-refractivity contribution in [3.8, 4) is 0 Å². The Balaban J connectivity index is 0. The highest BCUT2D eigenvalue weighted by atomic mass is 31.2. The van der Waals surface area contributed by atoms with Crippen LogP contribution in [0, 0.1) is 0 Å². The van der Waals surface area contributed by atoms with E-state index in [-0.39, 0.29) is 0 Å². The van der Waals surface area contributed by atoms with E-state index in [0.717, 1.165) is 6.92 Å². The average molecular weight is 290 g/mol. The first kappa shape index (κ1) is 21.2. The number of carbonyl (C=O) groups is 1. The fraction of sp³-hybridized carbons (Fsp3) is 0.938. The van der Waals surface area contributed by atoms with Crippen LogP contribution in [0.4, 0.5) is 0 Å². The van der Waals surface area contributed by atoms with Crippen LogP contribution in [0.25, 0.3) is 0 Å². The largest absolute Gasteiger partial charge is 0.550 e. The Bertz CT molecular complexity index is 189. The molecule has 19 heavy (non-hydrogen) atoms. The van der Waals surface area contributed by atoms with Crippen LogP contribution >= 0.6 is 7.26 Å². The lowest BCUT2D eigenvalue weighted by atomic mass is 10.1. The summed E-state index contributed by atoms with van der Waals surface area (Å²) < 4.78 is 0. The summed E-state index contributed by atoms with van der Waals surface area (Å²) in [5.74, 6) is -1.08. The number of unbranched alkanes of at least 4 members (excludes halogenated alkanes) is 5. The molecule has 3 heteroatoms. The van der Waals surface area contributed by atoms with Crippen molar-refractivity contribution in [3.05, 3.63) is 0 Å². The first-order chi connectivity index (χ1) is 8.97. The minimum atomic E-state index is -1.08. The summed E-state index contributed by atoms with van der Waals surface area (Å²) in [6.45, 7) is 10.5. The minimum Gasteiger partial charge on any atom is -0.550 e. The molecule has 0 amide bonds. The number of carboxylic acid groups (broad SMARTS) is 1. The van der Waals surface area contributed by atoms with Crippen LogP contribution in [0.5, 0.6) is 0 Å². The molecule has 0 unspecified atom stereocenters. The van der Waals surface area contributed by atoms with E-state index in [1.807, 2.05) is 0 Å². The molecule has 0 aromatic carbocycles. The van der Waals surface area contributed by atoms with Gasteiger partial charge in [-0.05, 0) is 40.5 Å². The Morgan fingerprint density at radius 1 is 0.842 bits per heavy atom. The van der Waals surface area contributed by atoms with Crippen molar-refractivity contribution in [2.45, 2.75) is 73.1 Å². The molecule has 0 spiro atoms. The zero-order valence-electron chi connectivity index (χ0n) is 13.8. The van der Waals surface area contributed by atoms with Gasteiger partial charge in [-0.1, -0.05) is 32.6 Å². The van der Waals surface area contributed by atoms with Crippen molar-refractivity contribution in [2.75, 3.05) is 24.6 Å². The standard InChI is InChI=1S/C14H32P.C2H4O2/c1-5-9-10-11-12-13-14-15(6-2,7-3)8-4;1-2(3)4/h5-14H2,1-4H3;1H3,(H,3,4)/q+1;/p-1. The minimum absolute atomic E-state index is 0.494. The first-order valence-electron chi connectivity index (χ1n) is 8.00. The fourth-order valence-corrected chi connectivity index (χ4v) is 5.56. The van der Waals surface area contributed by atoms with E-state index >= 15 is 0 Å². The van der Waals surface area contributed by atoms with Crippen LogP contribution < -0.4 is 5.11 Å². The van der Waals surface area contributed by atoms with Gasteiger partial charge in [0.15, 0.2) is 0 Å². The highest BCUT2D eigenvalue weighted by Crippen LogP contribution is 2.58. The third-order valence-electron chi connectivity index (χ3n) is 4.00. The van der Waals surface area contributed by atoms with Gasteiger partial charge in [-0.15, -0.1) is 0 Å². The molecular weight excluding hydrogens is 255 g/mol. The lowest BCUT2D eigenvalue weighted by Gasteiger charge is -2.23. The molecule has 2 nitrogen and oxygen atoms in total. The zero-order valence-corrected chi connectivity index (χ0v) is 14.7. The summed E-state index contributed by atoms with van der Waals surface area (Å²) in [6, 6.07) is 0. The smallest absolute Gasteiger partial charge is 0.0594 e. The Labute approximate surface area is 121 Å². The summed E-state index contributed by atoms with van der Waals surface area (Å²) in [6.07, 6.45) is 14.8. The van der Waals surface area contributed by atoms with E-state index in [4.69, 9.17) is 9.90 Å². The molecule has 0 saturated carbocycles. The van der Waals surface area contributed by atoms with E-state index in [0.29, 0.717) is 0 Å². The SMILES string of the molecule is CC(=O)[O-].CCCCCCCC[P+](CC)(CC)CC. The molecule has 0 bridgehead atoms. The second kappa shape index (κ2) is 14.3. The molecular formula is C16H35O2P. The van der Waals surface area contributed by atoms with E-state index in [9.17, 15) is 0 Å². The molecule has 0 radical (unpaired) electrons. The molecule has 0 aromatic rings. The second-order valence-corrected chi connectivity index (χ2v) is 10.3. The Morgan fingerprint density at radius 3 is 1.58 bits per heavy atom. The van der Waals surface area contributed by atoms with E-state index in [2.05, 4.69) is 27.7 Å². The van der Waals surface area contributed by atoms with Crippen LogP contribution in [0.2, 0.25) is 0 Å². The van der Waals surface area contributed by atoms with Crippen LogP contribution in [0.1, 0.15) is 73.1 Å². The molecule has 0 saturated heterocycles. The van der Waals surface area contributed by atoms with Gasteiger partial charge in [-0.3, -0.25) is 0 Å². The maximum atomic E-state index is 8.89. The molecule has 0 fully saturated rings. The highest BCUT2D eigenvalue weighted by Gasteiger charge is 2.29. The van der Waals surface area contributed by atoms with Crippen molar-refractivity contribution in [3.63, 3.8) is 0 Å². The Morgan fingerprint density at radius 2 is 1.21 bits per heavy atom. The molecule has 0 aromatic heterocycles. The average Bonchev–Trinajstić information content (AvgIpc) is 2.38. The van der Waals surface area contributed by atoms with Crippen LogP contribution in [-0.4, -0.2) is 30.6 Å². The van der Waals surface area contributed by atoms with Gasteiger partial charge in [0.25, 0.3) is 0 Å². The summed E-state index contributed by atoms with van der Waals surface area (Å²) in [4.78, 5) is 8.89. The predicted molar refractivity (Wildman–Crippen MR) is 87.5 cm³/mol. The van der Waals surface area contributed by atoms with Crippen LogP contribution in [-0.2, 0) is 4.79 Å². The molecule has 0 N–H and O–H groups in total. The van der Waals surface area contributed by atoms with Gasteiger partial charge in [-0.25, -0.2) is 0 Å². The molecule has 0 rings (SSSR count). The molecule has 0 atom stereocenters. The summed E-state index contributed by atoms with van der Waals surface area (Å²) in [7, 11) is -0.494. The van der Waals surface area contributed by atoms with Crippen molar-refractivity contribution >= 4 is 13.2 Å². The maximum absolute atomic E-state index is 8.89. The summed E-state index contributed by atoms with van der Waals surface area (Å²) in [5, 5.41) is 8.89. The van der Waals surface area contributed by atoms with Crippen LogP contribution in [0.3, 0.4) is 0 Å². The molecule has 0 aliphatic heterocycles. The number of aliphatic carboxylic acids is 1. The van der Waals surface area contributed by atoms with Crippen LogP contribution in [0.15, 0.2) is 0 Å². The van der Waals surface area contributed by atoms with Gasteiger partial charge in [0.05, 0.1) is 24.6 Å². The maximum Gasteiger partial charge on any atom is 0.0594 e. The van der Waals surface area contributed by atoms with Crippen molar-refractivity contribution in [2.24, 2.45) is 0 Å². The topological polar surface area (TPSA) is 40.1 Å². The van der Waals surface area contributed by atoms with Gasteiger partial charge in [0.1, 0.15) is 0 Å². The molecule has 0 aliphatic carbocycles. The van der Waals surface area contributed by atoms with Gasteiger partial charge in [0, 0.05) is 13.2 Å². The zero-order chi connectivity index (χ0) is 15.1. The van der Waals surface area contributed by atoms with Crippen molar-refractivity contribution in [1.29, 1.82) is 0 Å². The normalized spacial score (nSPS) is 10.8. The first-order valence-corrected chi connectivity index (χ1v) is 10.5. The predicted octanol–water partition coefficient (Wildman–Crippen LogP) is 4.18. The lowest BCUT2D eigenvalue weighted by molar-refractivity contribution is -0.302. The van der Waals surface area contributed by atoms with Gasteiger partial charge < -0.3 is 9.90 Å². The van der Waals surface area contributed by atoms with E-state index < -0.39 is 13.2 Å². The summed E-state index contributed by atoms with van der Waals surface area (Å²) in [5.41, 5.74) is 0. The number of rotatable bonds is 10. The third-order valence-corrected chi connectivity index (χ3v) is 9.29. The lowest BCUT2D eigenvalue weighted by Crippen LogP contribution is -2.16. The Hall–Kier alpha value is -0.100. The van der Waals surface area contributed by atoms with Gasteiger partial charge >= 0.3 is 0 Å². The van der Waals surface area contributed by atoms with Gasteiger partial charge in [-0.2, -0.15) is 0 Å². The monoisotopic (exact) mass is 290 g/mol. The number of hydrogen-bond acceptors (Lipinski definition) is 2. The number of hydrogen-bond donors (Lipinski definition) is 0. The number of carboxylic acids is 1. The molecule has 116 valence electrons. The molecule has 0 aliphatic rings. The van der Waals surface area contributed by atoms with Crippen molar-refractivity contribution in [1.82, 2.24) is 0 Å². The van der Waals surface area contributed by atoms with Crippen molar-refractivity contribution < 1.29 is 9.90 Å². The van der Waals surface area contributed by atoms with E-state index in [1.54, 1.807) is 6.16 Å². The molecule has 0 heterocycles. The quantitative estimate of drug-likeness (QED) is 0.447. The Kier molecular flexibility index (Phi) is 16.0. The van der Waals surface area contributed by atoms with E-state index in [1.165, 1.54) is 57.0 Å². The highest BCUT2D eigenvalue weighted by molar-refractivity contribution is 7.75. The third kappa shape index (κ3) is 14.1. The summed E-state index contributed by atoms with van der Waals surface area (Å²) >= 11 is 0. The van der Waals surface area contributed by atoms with Gasteiger partial charge in [0.2, 0.25) is 0 Å². The number of carbonyl (C=O) groups excluding carboxylic acids is 1. The second-order valence-electron chi connectivity index (χ2n) is 5.27. The fourth-order valence-electron chi connectivity index (χ4n) is 2.37.